The lowest BCUT2D eigenvalue weighted by Gasteiger charge is -2.17. The predicted octanol–water partition coefficient (Wildman–Crippen LogP) is 2.44. The van der Waals surface area contributed by atoms with Crippen molar-refractivity contribution >= 4 is 5.78 Å². The molecule has 0 aromatic heterocycles. The van der Waals surface area contributed by atoms with Crippen molar-refractivity contribution < 1.29 is 9.53 Å². The minimum atomic E-state index is 0.208. The minimum Gasteiger partial charge on any atom is -0.495 e. The van der Waals surface area contributed by atoms with Gasteiger partial charge in [-0.25, -0.2) is 0 Å². The summed E-state index contributed by atoms with van der Waals surface area (Å²) < 4.78 is 5.55. The highest BCUT2D eigenvalue weighted by Gasteiger charge is 2.12. The molecular weight excluding hydrogens is 152 g/mol. The third-order valence-corrected chi connectivity index (χ3v) is 2.10. The average molecular weight is 168 g/mol. The van der Waals surface area contributed by atoms with Crippen LogP contribution in [-0.2, 0) is 9.53 Å². The summed E-state index contributed by atoms with van der Waals surface area (Å²) in [4.78, 5) is 11.0. The predicted molar refractivity (Wildman–Crippen MR) is 47.8 cm³/mol. The van der Waals surface area contributed by atoms with Gasteiger partial charge in [-0.3, -0.25) is 4.79 Å². The van der Waals surface area contributed by atoms with Crippen LogP contribution in [-0.4, -0.2) is 11.9 Å². The first-order chi connectivity index (χ1) is 5.72. The number of carbonyl (C=O) groups is 1. The van der Waals surface area contributed by atoms with Crippen LogP contribution in [0.3, 0.4) is 0 Å². The van der Waals surface area contributed by atoms with Crippen LogP contribution in [0, 0.1) is 0 Å². The van der Waals surface area contributed by atoms with E-state index in [1.165, 1.54) is 0 Å². The Morgan fingerprint density at radius 2 is 2.33 bits per heavy atom. The lowest BCUT2D eigenvalue weighted by molar-refractivity contribution is -0.115. The van der Waals surface area contributed by atoms with E-state index in [1.807, 2.05) is 6.92 Å². The fourth-order valence-corrected chi connectivity index (χ4v) is 1.20. The topological polar surface area (TPSA) is 26.3 Å². The van der Waals surface area contributed by atoms with Crippen molar-refractivity contribution in [2.24, 2.45) is 0 Å². The summed E-state index contributed by atoms with van der Waals surface area (Å²) in [6, 6.07) is 0. The highest BCUT2D eigenvalue weighted by atomic mass is 16.5. The molecule has 1 aliphatic rings. The minimum absolute atomic E-state index is 0.208. The van der Waals surface area contributed by atoms with Gasteiger partial charge in [-0.1, -0.05) is 6.92 Å². The Balaban J connectivity index is 2.45. The molecule has 1 aliphatic carbocycles. The van der Waals surface area contributed by atoms with Crippen LogP contribution < -0.4 is 0 Å². The second-order valence-electron chi connectivity index (χ2n) is 3.27. The van der Waals surface area contributed by atoms with Crippen molar-refractivity contribution in [1.29, 1.82) is 0 Å². The maximum absolute atomic E-state index is 11.0. The van der Waals surface area contributed by atoms with Crippen molar-refractivity contribution in [3.05, 3.63) is 11.8 Å². The molecule has 1 rings (SSSR count). The molecule has 0 N–H and O–H groups in total. The first kappa shape index (κ1) is 9.30. The molecule has 0 heterocycles. The molecule has 1 unspecified atom stereocenters. The number of hydrogen-bond donors (Lipinski definition) is 0. The largest absolute Gasteiger partial charge is 0.495 e. The van der Waals surface area contributed by atoms with E-state index in [4.69, 9.17) is 4.74 Å². The van der Waals surface area contributed by atoms with Crippen LogP contribution in [0.2, 0.25) is 0 Å². The highest BCUT2D eigenvalue weighted by molar-refractivity contribution is 5.90. The average Bonchev–Trinajstić information content (AvgIpc) is 2.04. The van der Waals surface area contributed by atoms with Crippen molar-refractivity contribution in [2.75, 3.05) is 0 Å². The number of ketones is 1. The van der Waals surface area contributed by atoms with E-state index in [0.717, 1.165) is 25.0 Å². The summed E-state index contributed by atoms with van der Waals surface area (Å²) in [5, 5.41) is 0. The van der Waals surface area contributed by atoms with E-state index in [0.29, 0.717) is 6.42 Å². The fourth-order valence-electron chi connectivity index (χ4n) is 1.20. The van der Waals surface area contributed by atoms with Gasteiger partial charge < -0.3 is 4.74 Å². The van der Waals surface area contributed by atoms with Gasteiger partial charge in [-0.2, -0.15) is 0 Å². The smallest absolute Gasteiger partial charge is 0.159 e. The molecule has 12 heavy (non-hydrogen) atoms. The molecule has 0 aromatic rings. The molecule has 68 valence electrons. The molecule has 0 bridgehead atoms. The molecule has 0 saturated carbocycles. The normalized spacial score (nSPS) is 20.2. The standard InChI is InChI=1S/C10H16O2/c1-3-8(2)12-10-6-4-5-9(11)7-10/h7-8H,3-6H2,1-2H3. The molecular formula is C10H16O2. The van der Waals surface area contributed by atoms with Crippen molar-refractivity contribution in [1.82, 2.24) is 0 Å². The Morgan fingerprint density at radius 3 is 2.92 bits per heavy atom. The molecule has 0 fully saturated rings. The van der Waals surface area contributed by atoms with Crippen LogP contribution in [0.5, 0.6) is 0 Å². The van der Waals surface area contributed by atoms with E-state index < -0.39 is 0 Å². The quantitative estimate of drug-likeness (QED) is 0.647. The van der Waals surface area contributed by atoms with E-state index >= 15 is 0 Å². The lowest BCUT2D eigenvalue weighted by atomic mass is 10.1. The van der Waals surface area contributed by atoms with Gasteiger partial charge in [0.1, 0.15) is 0 Å². The lowest BCUT2D eigenvalue weighted by Crippen LogP contribution is -2.11. The van der Waals surface area contributed by atoms with Gasteiger partial charge in [0.05, 0.1) is 11.9 Å². The monoisotopic (exact) mass is 168 g/mol. The molecule has 1 atom stereocenters. The second kappa shape index (κ2) is 4.29. The Kier molecular flexibility index (Phi) is 3.32. The highest BCUT2D eigenvalue weighted by Crippen LogP contribution is 2.18. The van der Waals surface area contributed by atoms with Crippen LogP contribution in [0.15, 0.2) is 11.8 Å². The third kappa shape index (κ3) is 2.68. The molecule has 0 radical (unpaired) electrons. The van der Waals surface area contributed by atoms with Crippen molar-refractivity contribution in [3.63, 3.8) is 0 Å². The zero-order chi connectivity index (χ0) is 8.97. The van der Waals surface area contributed by atoms with E-state index in [-0.39, 0.29) is 11.9 Å². The number of hydrogen-bond acceptors (Lipinski definition) is 2. The van der Waals surface area contributed by atoms with E-state index in [1.54, 1.807) is 6.08 Å². The van der Waals surface area contributed by atoms with Crippen LogP contribution in [0.1, 0.15) is 39.5 Å². The Hall–Kier alpha value is -0.790. The zero-order valence-corrected chi connectivity index (χ0v) is 7.80. The molecule has 0 amide bonds. The summed E-state index contributed by atoms with van der Waals surface area (Å²) >= 11 is 0. The van der Waals surface area contributed by atoms with Crippen molar-refractivity contribution in [2.45, 2.75) is 45.6 Å². The maximum atomic E-state index is 11.0. The number of allylic oxidation sites excluding steroid dienone is 2. The molecule has 0 spiro atoms. The van der Waals surface area contributed by atoms with Crippen LogP contribution in [0.4, 0.5) is 0 Å². The van der Waals surface area contributed by atoms with Gasteiger partial charge in [0, 0.05) is 18.9 Å². The molecule has 0 aliphatic heterocycles. The SMILES string of the molecule is CCC(C)OC1=CC(=O)CCC1. The molecule has 0 aromatic carbocycles. The van der Waals surface area contributed by atoms with E-state index in [2.05, 4.69) is 6.92 Å². The van der Waals surface area contributed by atoms with Gasteiger partial charge in [0.15, 0.2) is 5.78 Å². The van der Waals surface area contributed by atoms with Gasteiger partial charge in [0.25, 0.3) is 0 Å². The number of ether oxygens (including phenoxy) is 1. The Labute approximate surface area is 73.6 Å². The van der Waals surface area contributed by atoms with Gasteiger partial charge >= 0.3 is 0 Å². The first-order valence-electron chi connectivity index (χ1n) is 4.62. The van der Waals surface area contributed by atoms with Crippen LogP contribution in [0.25, 0.3) is 0 Å². The third-order valence-electron chi connectivity index (χ3n) is 2.10. The molecule has 2 heteroatoms. The summed E-state index contributed by atoms with van der Waals surface area (Å²) in [6.07, 6.45) is 5.44. The van der Waals surface area contributed by atoms with E-state index in [9.17, 15) is 4.79 Å². The second-order valence-corrected chi connectivity index (χ2v) is 3.27. The van der Waals surface area contributed by atoms with Gasteiger partial charge in [0.2, 0.25) is 0 Å². The van der Waals surface area contributed by atoms with Gasteiger partial charge in [-0.05, 0) is 19.8 Å². The fraction of sp³-hybridized carbons (Fsp3) is 0.700. The van der Waals surface area contributed by atoms with Crippen LogP contribution >= 0.6 is 0 Å². The summed E-state index contributed by atoms with van der Waals surface area (Å²) in [5.74, 6) is 1.08. The zero-order valence-electron chi connectivity index (χ0n) is 7.80. The summed E-state index contributed by atoms with van der Waals surface area (Å²) in [6.45, 7) is 4.11. The maximum Gasteiger partial charge on any atom is 0.159 e. The molecule has 2 nitrogen and oxygen atoms in total. The van der Waals surface area contributed by atoms with Crippen molar-refractivity contribution in [3.8, 4) is 0 Å². The Bertz CT molecular complexity index is 194. The molecule has 0 saturated heterocycles. The number of rotatable bonds is 3. The first-order valence-corrected chi connectivity index (χ1v) is 4.62. The Morgan fingerprint density at radius 1 is 1.58 bits per heavy atom. The summed E-state index contributed by atoms with van der Waals surface area (Å²) in [5.41, 5.74) is 0. The number of carbonyl (C=O) groups excluding carboxylic acids is 1. The summed E-state index contributed by atoms with van der Waals surface area (Å²) in [7, 11) is 0. The van der Waals surface area contributed by atoms with Gasteiger partial charge in [-0.15, -0.1) is 0 Å².